The fourth-order valence-electron chi connectivity index (χ4n) is 2.02. The largest absolute Gasteiger partial charge is 0.283 e. The van der Waals surface area contributed by atoms with Gasteiger partial charge in [0.25, 0.3) is 5.69 Å². The Kier molecular flexibility index (Phi) is 3.66. The standard InChI is InChI=1S/C17H19N2/c1-17(2,3)15-9-7-14(8-10-15)13-19-11-5-4-6-16(19)12-18/h4-11H,13H2,1-3H3/q+1. The minimum atomic E-state index is 0.177. The number of hydrogen-bond donors (Lipinski definition) is 0. The molecule has 0 fully saturated rings. The Hall–Kier alpha value is -2.14. The predicted octanol–water partition coefficient (Wildman–Crippen LogP) is 3.19. The average Bonchev–Trinajstić information content (AvgIpc) is 2.39. The van der Waals surface area contributed by atoms with Gasteiger partial charge in [-0.25, -0.2) is 0 Å². The molecule has 0 saturated heterocycles. The van der Waals surface area contributed by atoms with Gasteiger partial charge in [-0.3, -0.25) is 0 Å². The van der Waals surface area contributed by atoms with E-state index < -0.39 is 0 Å². The van der Waals surface area contributed by atoms with Gasteiger partial charge in [-0.15, -0.1) is 0 Å². The number of rotatable bonds is 2. The third kappa shape index (κ3) is 3.20. The molecule has 0 radical (unpaired) electrons. The molecule has 19 heavy (non-hydrogen) atoms. The Bertz CT molecular complexity index is 598. The first-order valence-electron chi connectivity index (χ1n) is 6.49. The highest BCUT2D eigenvalue weighted by Crippen LogP contribution is 2.22. The van der Waals surface area contributed by atoms with E-state index in [2.05, 4.69) is 51.1 Å². The summed E-state index contributed by atoms with van der Waals surface area (Å²) in [5, 5.41) is 9.08. The second-order valence-electron chi connectivity index (χ2n) is 5.77. The molecule has 2 aromatic rings. The van der Waals surface area contributed by atoms with E-state index >= 15 is 0 Å². The smallest absolute Gasteiger partial charge is 0.186 e. The Labute approximate surface area is 115 Å². The maximum absolute atomic E-state index is 9.08. The van der Waals surface area contributed by atoms with Gasteiger partial charge in [0.05, 0.1) is 0 Å². The molecule has 1 aromatic heterocycles. The van der Waals surface area contributed by atoms with Crippen molar-refractivity contribution in [2.45, 2.75) is 32.7 Å². The van der Waals surface area contributed by atoms with Gasteiger partial charge in [0.2, 0.25) is 0 Å². The first-order valence-corrected chi connectivity index (χ1v) is 6.49. The summed E-state index contributed by atoms with van der Waals surface area (Å²) in [4.78, 5) is 0. The molecule has 0 aliphatic rings. The highest BCUT2D eigenvalue weighted by molar-refractivity contribution is 5.27. The van der Waals surface area contributed by atoms with Crippen LogP contribution < -0.4 is 4.57 Å². The van der Waals surface area contributed by atoms with Crippen molar-refractivity contribution in [3.05, 3.63) is 65.5 Å². The van der Waals surface area contributed by atoms with Crippen molar-refractivity contribution in [2.75, 3.05) is 0 Å². The molecular weight excluding hydrogens is 232 g/mol. The Morgan fingerprint density at radius 2 is 1.74 bits per heavy atom. The Morgan fingerprint density at radius 1 is 1.05 bits per heavy atom. The van der Waals surface area contributed by atoms with Crippen LogP contribution in [0.15, 0.2) is 48.7 Å². The van der Waals surface area contributed by atoms with Crippen molar-refractivity contribution >= 4 is 0 Å². The molecule has 96 valence electrons. The number of nitriles is 1. The summed E-state index contributed by atoms with van der Waals surface area (Å²) >= 11 is 0. The van der Waals surface area contributed by atoms with E-state index in [1.54, 1.807) is 0 Å². The molecule has 0 N–H and O–H groups in total. The van der Waals surface area contributed by atoms with Crippen LogP contribution in [0.3, 0.4) is 0 Å². The molecule has 0 amide bonds. The van der Waals surface area contributed by atoms with Gasteiger partial charge in [0.15, 0.2) is 18.8 Å². The zero-order valence-corrected chi connectivity index (χ0v) is 11.7. The number of nitrogens with zero attached hydrogens (tertiary/aromatic N) is 2. The molecule has 0 bridgehead atoms. The third-order valence-electron chi connectivity index (χ3n) is 3.23. The lowest BCUT2D eigenvalue weighted by atomic mass is 9.87. The van der Waals surface area contributed by atoms with Crippen LogP contribution in [0.25, 0.3) is 0 Å². The van der Waals surface area contributed by atoms with Gasteiger partial charge >= 0.3 is 0 Å². The predicted molar refractivity (Wildman–Crippen MR) is 75.6 cm³/mol. The van der Waals surface area contributed by atoms with E-state index in [-0.39, 0.29) is 5.41 Å². The van der Waals surface area contributed by atoms with Crippen molar-refractivity contribution in [1.29, 1.82) is 5.26 Å². The lowest BCUT2D eigenvalue weighted by Gasteiger charge is -2.18. The molecule has 1 aromatic carbocycles. The second kappa shape index (κ2) is 5.24. The van der Waals surface area contributed by atoms with Gasteiger partial charge in [0, 0.05) is 17.7 Å². The lowest BCUT2D eigenvalue weighted by Crippen LogP contribution is -2.37. The van der Waals surface area contributed by atoms with Crippen molar-refractivity contribution < 1.29 is 4.57 Å². The molecule has 2 nitrogen and oxygen atoms in total. The van der Waals surface area contributed by atoms with Gasteiger partial charge in [-0.1, -0.05) is 45.0 Å². The molecule has 2 rings (SSSR count). The van der Waals surface area contributed by atoms with Crippen molar-refractivity contribution in [1.82, 2.24) is 0 Å². The first kappa shape index (κ1) is 13.3. The van der Waals surface area contributed by atoms with Crippen LogP contribution in [0, 0.1) is 11.3 Å². The second-order valence-corrected chi connectivity index (χ2v) is 5.77. The van der Waals surface area contributed by atoms with Crippen LogP contribution >= 0.6 is 0 Å². The number of pyridine rings is 1. The SMILES string of the molecule is CC(C)(C)c1ccc(C[n+]2ccccc2C#N)cc1. The van der Waals surface area contributed by atoms with Gasteiger partial charge < -0.3 is 0 Å². The summed E-state index contributed by atoms with van der Waals surface area (Å²) < 4.78 is 1.96. The summed E-state index contributed by atoms with van der Waals surface area (Å²) in [6.45, 7) is 7.36. The normalized spacial score (nSPS) is 11.1. The van der Waals surface area contributed by atoms with Crippen LogP contribution in [-0.2, 0) is 12.0 Å². The van der Waals surface area contributed by atoms with Gasteiger partial charge in [0.1, 0.15) is 0 Å². The quantitative estimate of drug-likeness (QED) is 0.753. The zero-order chi connectivity index (χ0) is 13.9. The summed E-state index contributed by atoms with van der Waals surface area (Å²) in [7, 11) is 0. The fourth-order valence-corrected chi connectivity index (χ4v) is 2.02. The first-order chi connectivity index (χ1) is 9.00. The maximum Gasteiger partial charge on any atom is 0.283 e. The van der Waals surface area contributed by atoms with Crippen LogP contribution in [-0.4, -0.2) is 0 Å². The molecule has 0 atom stereocenters. The molecular formula is C17H19N2+. The third-order valence-corrected chi connectivity index (χ3v) is 3.23. The number of benzene rings is 1. The summed E-state index contributed by atoms with van der Waals surface area (Å²) in [5.41, 5.74) is 3.40. The summed E-state index contributed by atoms with van der Waals surface area (Å²) in [6.07, 6.45) is 1.94. The molecule has 0 aliphatic heterocycles. The summed E-state index contributed by atoms with van der Waals surface area (Å²) in [6, 6.07) is 16.5. The van der Waals surface area contributed by atoms with E-state index in [9.17, 15) is 0 Å². The van der Waals surface area contributed by atoms with Crippen molar-refractivity contribution in [3.8, 4) is 6.07 Å². The van der Waals surface area contributed by atoms with E-state index in [0.29, 0.717) is 5.69 Å². The molecule has 0 unspecified atom stereocenters. The zero-order valence-electron chi connectivity index (χ0n) is 11.7. The van der Waals surface area contributed by atoms with E-state index in [0.717, 1.165) is 6.54 Å². The Balaban J connectivity index is 2.23. The number of hydrogen-bond acceptors (Lipinski definition) is 1. The maximum atomic E-state index is 9.08. The van der Waals surface area contributed by atoms with Gasteiger partial charge in [-0.05, 0) is 17.0 Å². The van der Waals surface area contributed by atoms with Crippen molar-refractivity contribution in [2.24, 2.45) is 0 Å². The van der Waals surface area contributed by atoms with E-state index in [4.69, 9.17) is 5.26 Å². The minimum absolute atomic E-state index is 0.177. The lowest BCUT2D eigenvalue weighted by molar-refractivity contribution is -0.690. The summed E-state index contributed by atoms with van der Waals surface area (Å²) in [5.74, 6) is 0. The Morgan fingerprint density at radius 3 is 2.32 bits per heavy atom. The number of aromatic nitrogens is 1. The molecule has 1 heterocycles. The van der Waals surface area contributed by atoms with Crippen LogP contribution in [0.2, 0.25) is 0 Å². The van der Waals surface area contributed by atoms with E-state index in [1.165, 1.54) is 11.1 Å². The van der Waals surface area contributed by atoms with Gasteiger partial charge in [-0.2, -0.15) is 9.83 Å². The highest BCUT2D eigenvalue weighted by atomic mass is 14.9. The monoisotopic (exact) mass is 251 g/mol. The molecule has 2 heteroatoms. The average molecular weight is 251 g/mol. The highest BCUT2D eigenvalue weighted by Gasteiger charge is 2.14. The van der Waals surface area contributed by atoms with Crippen LogP contribution in [0.1, 0.15) is 37.6 Å². The minimum Gasteiger partial charge on any atom is -0.186 e. The fraction of sp³-hybridized carbons (Fsp3) is 0.294. The molecule has 0 saturated carbocycles. The molecule has 0 aliphatic carbocycles. The van der Waals surface area contributed by atoms with Crippen LogP contribution in [0.5, 0.6) is 0 Å². The van der Waals surface area contributed by atoms with Crippen molar-refractivity contribution in [3.63, 3.8) is 0 Å². The topological polar surface area (TPSA) is 27.7 Å². The van der Waals surface area contributed by atoms with E-state index in [1.807, 2.05) is 29.0 Å². The van der Waals surface area contributed by atoms with Crippen LogP contribution in [0.4, 0.5) is 0 Å². The molecule has 0 spiro atoms.